The lowest BCUT2D eigenvalue weighted by molar-refractivity contribution is -0.428. The Morgan fingerprint density at radius 1 is 1.00 bits per heavy atom. The van der Waals surface area contributed by atoms with Gasteiger partial charge in [0.1, 0.15) is 11.5 Å². The highest BCUT2D eigenvalue weighted by atomic mass is 16.5. The molecule has 1 aliphatic rings. The van der Waals surface area contributed by atoms with Crippen molar-refractivity contribution in [1.82, 2.24) is 0 Å². The molecular weight excluding hydrogens is 340 g/mol. The number of hydrogen-bond acceptors (Lipinski definition) is 4. The van der Waals surface area contributed by atoms with Gasteiger partial charge in [0.15, 0.2) is 12.8 Å². The topological polar surface area (TPSA) is 58.7 Å². The third-order valence-electron chi connectivity index (χ3n) is 4.43. The average Bonchev–Trinajstić information content (AvgIpc) is 2.82. The second-order valence-corrected chi connectivity index (χ2v) is 6.34. The van der Waals surface area contributed by atoms with E-state index in [0.29, 0.717) is 34.9 Å². The van der Waals surface area contributed by atoms with Crippen LogP contribution in [-0.4, -0.2) is 23.8 Å². The van der Waals surface area contributed by atoms with Crippen molar-refractivity contribution in [2.75, 3.05) is 7.05 Å². The summed E-state index contributed by atoms with van der Waals surface area (Å²) in [7, 11) is 1.45. The first kappa shape index (κ1) is 16.8. The number of ether oxygens (including phenoxy) is 1. The SMILES string of the molecule is C[N+](=O)c1ccc(C=Nc2ccc3c(c2)C(=O)Cc2ccccc2O3)cc1. The Hall–Kier alpha value is -3.60. The Morgan fingerprint density at radius 3 is 2.56 bits per heavy atom. The molecule has 0 aliphatic carbocycles. The van der Waals surface area contributed by atoms with Crippen LogP contribution in [0.15, 0.2) is 71.7 Å². The summed E-state index contributed by atoms with van der Waals surface area (Å²) >= 11 is 0. The first-order valence-electron chi connectivity index (χ1n) is 8.58. The molecule has 1 aliphatic heterocycles. The monoisotopic (exact) mass is 357 g/mol. The van der Waals surface area contributed by atoms with Crippen LogP contribution in [0.25, 0.3) is 0 Å². The quantitative estimate of drug-likeness (QED) is 0.489. The minimum Gasteiger partial charge on any atom is -0.456 e. The molecule has 0 spiro atoms. The van der Waals surface area contributed by atoms with E-state index in [1.165, 1.54) is 7.05 Å². The normalized spacial score (nSPS) is 12.9. The van der Waals surface area contributed by atoms with Gasteiger partial charge < -0.3 is 4.74 Å². The maximum absolute atomic E-state index is 12.6. The summed E-state index contributed by atoms with van der Waals surface area (Å²) in [5, 5.41) is 0. The maximum atomic E-state index is 12.6. The van der Waals surface area contributed by atoms with Crippen LogP contribution in [0.4, 0.5) is 11.4 Å². The summed E-state index contributed by atoms with van der Waals surface area (Å²) in [4.78, 5) is 28.3. The Kier molecular flexibility index (Phi) is 4.34. The first-order chi connectivity index (χ1) is 13.1. The van der Waals surface area contributed by atoms with Gasteiger partial charge in [-0.2, -0.15) is 0 Å². The van der Waals surface area contributed by atoms with Crippen molar-refractivity contribution in [2.45, 2.75) is 6.42 Å². The van der Waals surface area contributed by atoms with Gasteiger partial charge in [-0.1, -0.05) is 18.2 Å². The number of nitrogens with zero attached hydrogens (tertiary/aromatic N) is 2. The molecule has 27 heavy (non-hydrogen) atoms. The first-order valence-corrected chi connectivity index (χ1v) is 8.58. The summed E-state index contributed by atoms with van der Waals surface area (Å²) in [5.74, 6) is 1.27. The standard InChI is InChI=1S/C22H17N2O3/c1-24(26)18-9-6-15(7-10-18)14-23-17-8-11-22-19(13-17)20(25)12-16-4-2-3-5-21(16)27-22/h2-11,13-14H,12H2,1H3/q+1. The van der Waals surface area contributed by atoms with E-state index in [2.05, 4.69) is 4.99 Å². The van der Waals surface area contributed by atoms with Gasteiger partial charge in [-0.05, 0) is 42.0 Å². The molecule has 0 radical (unpaired) electrons. The van der Waals surface area contributed by atoms with Crippen LogP contribution in [0.1, 0.15) is 21.5 Å². The van der Waals surface area contributed by atoms with Crippen molar-refractivity contribution in [3.8, 4) is 11.5 Å². The Bertz CT molecular complexity index is 1070. The Balaban J connectivity index is 1.60. The fourth-order valence-electron chi connectivity index (χ4n) is 2.96. The van der Waals surface area contributed by atoms with Crippen molar-refractivity contribution in [3.63, 3.8) is 0 Å². The van der Waals surface area contributed by atoms with E-state index in [9.17, 15) is 9.70 Å². The van der Waals surface area contributed by atoms with Crippen LogP contribution < -0.4 is 4.74 Å². The van der Waals surface area contributed by atoms with Crippen molar-refractivity contribution >= 4 is 23.4 Å². The number of carbonyl (C=O) groups excluding carboxylic acids is 1. The fraction of sp³-hybridized carbons (Fsp3) is 0.0909. The van der Waals surface area contributed by atoms with Gasteiger partial charge in [-0.15, -0.1) is 0 Å². The molecule has 132 valence electrons. The second-order valence-electron chi connectivity index (χ2n) is 6.34. The molecule has 0 saturated carbocycles. The fourth-order valence-corrected chi connectivity index (χ4v) is 2.96. The van der Waals surface area contributed by atoms with E-state index in [1.807, 2.05) is 42.5 Å². The molecule has 1 heterocycles. The minimum absolute atomic E-state index is 0.00911. The number of hydrogen-bond donors (Lipinski definition) is 0. The van der Waals surface area contributed by atoms with Crippen LogP contribution in [0.2, 0.25) is 0 Å². The molecule has 4 rings (SSSR count). The molecule has 3 aromatic carbocycles. The molecule has 5 heteroatoms. The van der Waals surface area contributed by atoms with Gasteiger partial charge in [-0.3, -0.25) is 9.79 Å². The average molecular weight is 357 g/mol. The number of fused-ring (bicyclic) bond motifs is 2. The summed E-state index contributed by atoms with van der Waals surface area (Å²) in [6.07, 6.45) is 2.01. The van der Waals surface area contributed by atoms with E-state index < -0.39 is 0 Å². The predicted octanol–water partition coefficient (Wildman–Crippen LogP) is 5.01. The van der Waals surface area contributed by atoms with Gasteiger partial charge in [0, 0.05) is 40.0 Å². The Labute approximate surface area is 156 Å². The van der Waals surface area contributed by atoms with Gasteiger partial charge in [0.05, 0.1) is 11.3 Å². The van der Waals surface area contributed by atoms with Crippen LogP contribution in [-0.2, 0) is 6.42 Å². The van der Waals surface area contributed by atoms with Crippen LogP contribution in [0.5, 0.6) is 11.5 Å². The highest BCUT2D eigenvalue weighted by molar-refractivity contribution is 6.02. The van der Waals surface area contributed by atoms with Gasteiger partial charge in [-0.25, -0.2) is 0 Å². The molecule has 0 bridgehead atoms. The molecule has 0 N–H and O–H groups in total. The highest BCUT2D eigenvalue weighted by Gasteiger charge is 2.21. The van der Waals surface area contributed by atoms with Crippen LogP contribution in [0.3, 0.4) is 0 Å². The molecule has 0 atom stereocenters. The maximum Gasteiger partial charge on any atom is 0.255 e. The predicted molar refractivity (Wildman–Crippen MR) is 104 cm³/mol. The van der Waals surface area contributed by atoms with Crippen LogP contribution in [0, 0.1) is 4.91 Å². The summed E-state index contributed by atoms with van der Waals surface area (Å²) < 4.78 is 6.72. The highest BCUT2D eigenvalue weighted by Crippen LogP contribution is 2.35. The number of benzene rings is 3. The molecule has 0 saturated heterocycles. The van der Waals surface area contributed by atoms with E-state index in [1.54, 1.807) is 30.5 Å². The third-order valence-corrected chi connectivity index (χ3v) is 4.43. The van der Waals surface area contributed by atoms with Crippen molar-refractivity contribution in [2.24, 2.45) is 4.99 Å². The molecule has 0 aromatic heterocycles. The molecule has 0 amide bonds. The van der Waals surface area contributed by atoms with Crippen molar-refractivity contribution in [3.05, 3.63) is 88.3 Å². The summed E-state index contributed by atoms with van der Waals surface area (Å²) in [6.45, 7) is 0. The lowest BCUT2D eigenvalue weighted by atomic mass is 10.0. The van der Waals surface area contributed by atoms with Crippen molar-refractivity contribution < 1.29 is 14.3 Å². The van der Waals surface area contributed by atoms with E-state index in [4.69, 9.17) is 4.74 Å². The number of aliphatic imine (C=N–C) groups is 1. The molecule has 5 nitrogen and oxygen atoms in total. The second kappa shape index (κ2) is 6.96. The van der Waals surface area contributed by atoms with E-state index in [0.717, 1.165) is 15.9 Å². The largest absolute Gasteiger partial charge is 0.456 e. The lowest BCUT2D eigenvalue weighted by Gasteiger charge is -2.08. The smallest absolute Gasteiger partial charge is 0.255 e. The zero-order chi connectivity index (χ0) is 18.8. The molecular formula is C22H17N2O3+. The molecule has 0 unspecified atom stereocenters. The summed E-state index contributed by atoms with van der Waals surface area (Å²) in [5.41, 5.74) is 3.53. The number of Topliss-reactive ketones (excluding diaryl/α,β-unsaturated/α-hetero) is 1. The zero-order valence-electron chi connectivity index (χ0n) is 14.8. The number of ketones is 1. The molecule has 0 fully saturated rings. The van der Waals surface area contributed by atoms with Gasteiger partial charge in [0.2, 0.25) is 0 Å². The zero-order valence-corrected chi connectivity index (χ0v) is 14.8. The van der Waals surface area contributed by atoms with Crippen molar-refractivity contribution in [1.29, 1.82) is 0 Å². The van der Waals surface area contributed by atoms with E-state index >= 15 is 0 Å². The number of carbonyl (C=O) groups is 1. The number of nitroso groups, excluding NO2 is 1. The molecule has 3 aromatic rings. The van der Waals surface area contributed by atoms with Crippen LogP contribution >= 0.6 is 0 Å². The van der Waals surface area contributed by atoms with E-state index in [-0.39, 0.29) is 5.78 Å². The number of rotatable bonds is 3. The minimum atomic E-state index is 0.00911. The Morgan fingerprint density at radius 2 is 1.78 bits per heavy atom. The lowest BCUT2D eigenvalue weighted by Crippen LogP contribution is -2.01. The van der Waals surface area contributed by atoms with Gasteiger partial charge in [0.25, 0.3) is 5.69 Å². The summed E-state index contributed by atoms with van der Waals surface area (Å²) in [6, 6.07) is 20.0. The third kappa shape index (κ3) is 3.53. The van der Waals surface area contributed by atoms with Gasteiger partial charge >= 0.3 is 0 Å². The number of para-hydroxylation sites is 1.